The number of nitrogens with zero attached hydrogens (tertiary/aromatic N) is 2. The van der Waals surface area contributed by atoms with E-state index in [-0.39, 0.29) is 23.8 Å². The van der Waals surface area contributed by atoms with E-state index in [9.17, 15) is 14.9 Å². The third-order valence-electron chi connectivity index (χ3n) is 4.69. The van der Waals surface area contributed by atoms with E-state index >= 15 is 0 Å². The third kappa shape index (κ3) is 2.09. The molecule has 2 amide bonds. The van der Waals surface area contributed by atoms with Crippen molar-refractivity contribution in [3.05, 3.63) is 0 Å². The van der Waals surface area contributed by atoms with E-state index in [1.807, 2.05) is 13.8 Å². The van der Waals surface area contributed by atoms with Crippen LogP contribution in [0.25, 0.3) is 0 Å². The van der Waals surface area contributed by atoms with Gasteiger partial charge >= 0.3 is 0 Å². The minimum Gasteiger partial charge on any atom is -0.354 e. The van der Waals surface area contributed by atoms with Gasteiger partial charge in [-0.1, -0.05) is 13.8 Å². The second-order valence-electron chi connectivity index (χ2n) is 5.46. The molecule has 2 fully saturated rings. The second kappa shape index (κ2) is 5.20. The summed E-state index contributed by atoms with van der Waals surface area (Å²) in [5.74, 6) is -0.118. The minimum atomic E-state index is -0.923. The van der Waals surface area contributed by atoms with Crippen LogP contribution in [0.15, 0.2) is 0 Å². The van der Waals surface area contributed by atoms with Crippen LogP contribution in [-0.4, -0.2) is 35.8 Å². The van der Waals surface area contributed by atoms with Crippen molar-refractivity contribution in [1.82, 2.24) is 10.2 Å². The van der Waals surface area contributed by atoms with Crippen LogP contribution in [0.1, 0.15) is 39.5 Å². The number of likely N-dealkylation sites (tertiary alicyclic amines) is 1. The van der Waals surface area contributed by atoms with Crippen molar-refractivity contribution in [2.45, 2.75) is 45.6 Å². The Morgan fingerprint density at radius 2 is 2.21 bits per heavy atom. The number of nitriles is 1. The van der Waals surface area contributed by atoms with Gasteiger partial charge in [0.1, 0.15) is 5.41 Å². The Morgan fingerprint density at radius 3 is 2.79 bits per heavy atom. The first-order valence-corrected chi connectivity index (χ1v) is 7.09. The summed E-state index contributed by atoms with van der Waals surface area (Å²) in [6.45, 7) is 4.96. The van der Waals surface area contributed by atoms with Gasteiger partial charge in [0.2, 0.25) is 11.8 Å². The summed E-state index contributed by atoms with van der Waals surface area (Å²) in [7, 11) is 0. The van der Waals surface area contributed by atoms with Crippen molar-refractivity contribution in [2.24, 2.45) is 11.3 Å². The average Bonchev–Trinajstić information content (AvgIpc) is 2.83. The predicted molar refractivity (Wildman–Crippen MR) is 69.9 cm³/mol. The zero-order chi connectivity index (χ0) is 14.0. The molecule has 0 aromatic rings. The van der Waals surface area contributed by atoms with E-state index < -0.39 is 5.41 Å². The molecule has 2 aliphatic rings. The number of rotatable bonds is 3. The fourth-order valence-electron chi connectivity index (χ4n) is 3.24. The zero-order valence-electron chi connectivity index (χ0n) is 11.6. The van der Waals surface area contributed by atoms with Crippen molar-refractivity contribution in [3.8, 4) is 6.07 Å². The van der Waals surface area contributed by atoms with E-state index in [0.717, 1.165) is 12.8 Å². The number of hydrogen-bond donors (Lipinski definition) is 1. The quantitative estimate of drug-likeness (QED) is 0.827. The summed E-state index contributed by atoms with van der Waals surface area (Å²) in [5.41, 5.74) is -0.923. The molecule has 5 heteroatoms. The molecule has 2 heterocycles. The maximum absolute atomic E-state index is 12.7. The van der Waals surface area contributed by atoms with Crippen LogP contribution in [0, 0.1) is 22.7 Å². The number of amides is 2. The van der Waals surface area contributed by atoms with Crippen LogP contribution in [0.5, 0.6) is 0 Å². The molecule has 2 rings (SSSR count). The number of carbonyl (C=O) groups excluding carboxylic acids is 2. The van der Waals surface area contributed by atoms with Crippen LogP contribution in [0.4, 0.5) is 0 Å². The molecular weight excluding hydrogens is 242 g/mol. The molecule has 19 heavy (non-hydrogen) atoms. The van der Waals surface area contributed by atoms with Crippen LogP contribution in [0.3, 0.4) is 0 Å². The van der Waals surface area contributed by atoms with Crippen LogP contribution in [0.2, 0.25) is 0 Å². The second-order valence-corrected chi connectivity index (χ2v) is 5.46. The summed E-state index contributed by atoms with van der Waals surface area (Å²) >= 11 is 0. The predicted octanol–water partition coefficient (Wildman–Crippen LogP) is 1.05. The van der Waals surface area contributed by atoms with E-state index in [4.69, 9.17) is 0 Å². The molecule has 0 radical (unpaired) electrons. The lowest BCUT2D eigenvalue weighted by Crippen LogP contribution is -2.53. The average molecular weight is 263 g/mol. The van der Waals surface area contributed by atoms with Gasteiger partial charge in [0.05, 0.1) is 18.0 Å². The number of nitrogens with one attached hydrogen (secondary N) is 1. The number of fused-ring (bicyclic) bond motifs is 1. The molecule has 2 unspecified atom stereocenters. The molecule has 2 saturated heterocycles. The Hall–Kier alpha value is -1.57. The number of piperidine rings is 1. The van der Waals surface area contributed by atoms with Crippen molar-refractivity contribution < 1.29 is 9.59 Å². The van der Waals surface area contributed by atoms with Gasteiger partial charge in [0.25, 0.3) is 0 Å². The van der Waals surface area contributed by atoms with Gasteiger partial charge in [0, 0.05) is 13.1 Å². The monoisotopic (exact) mass is 263 g/mol. The molecule has 104 valence electrons. The first kappa shape index (κ1) is 13.9. The summed E-state index contributed by atoms with van der Waals surface area (Å²) in [5, 5.41) is 12.2. The van der Waals surface area contributed by atoms with Gasteiger partial charge in [-0.25, -0.2) is 0 Å². The first-order chi connectivity index (χ1) is 9.09. The van der Waals surface area contributed by atoms with Gasteiger partial charge in [-0.3, -0.25) is 9.59 Å². The van der Waals surface area contributed by atoms with E-state index in [1.165, 1.54) is 0 Å². The molecule has 2 atom stereocenters. The smallest absolute Gasteiger partial charge is 0.243 e. The highest BCUT2D eigenvalue weighted by molar-refractivity contribution is 5.88. The highest BCUT2D eigenvalue weighted by Gasteiger charge is 2.47. The molecule has 1 N–H and O–H groups in total. The Bertz CT molecular complexity index is 423. The molecule has 0 spiro atoms. The van der Waals surface area contributed by atoms with E-state index in [2.05, 4.69) is 11.4 Å². The molecule has 0 bridgehead atoms. The molecule has 0 aliphatic carbocycles. The fourth-order valence-corrected chi connectivity index (χ4v) is 3.24. The number of carbonyl (C=O) groups is 2. The Labute approximate surface area is 113 Å². The Morgan fingerprint density at radius 1 is 1.53 bits per heavy atom. The normalized spacial score (nSPS) is 26.6. The lowest BCUT2D eigenvalue weighted by atomic mass is 9.80. The Balaban J connectivity index is 2.23. The van der Waals surface area contributed by atoms with Crippen molar-refractivity contribution >= 4 is 11.8 Å². The Kier molecular flexibility index (Phi) is 3.79. The molecule has 0 aromatic heterocycles. The highest BCUT2D eigenvalue weighted by atomic mass is 16.2. The van der Waals surface area contributed by atoms with Gasteiger partial charge < -0.3 is 10.2 Å². The number of hydrogen-bond acceptors (Lipinski definition) is 3. The van der Waals surface area contributed by atoms with Gasteiger partial charge in [0.15, 0.2) is 0 Å². The maximum Gasteiger partial charge on any atom is 0.243 e. The zero-order valence-corrected chi connectivity index (χ0v) is 11.6. The summed E-state index contributed by atoms with van der Waals surface area (Å²) in [6.07, 6.45) is 2.73. The first-order valence-electron chi connectivity index (χ1n) is 7.09. The lowest BCUT2D eigenvalue weighted by molar-refractivity contribution is -0.144. The molecule has 0 aromatic carbocycles. The summed E-state index contributed by atoms with van der Waals surface area (Å²) in [4.78, 5) is 26.2. The van der Waals surface area contributed by atoms with E-state index in [1.54, 1.807) is 4.90 Å². The van der Waals surface area contributed by atoms with E-state index in [0.29, 0.717) is 25.9 Å². The molecule has 2 aliphatic heterocycles. The molecule has 5 nitrogen and oxygen atoms in total. The van der Waals surface area contributed by atoms with Gasteiger partial charge in [-0.15, -0.1) is 0 Å². The van der Waals surface area contributed by atoms with Crippen molar-refractivity contribution in [1.29, 1.82) is 5.26 Å². The van der Waals surface area contributed by atoms with Crippen LogP contribution in [-0.2, 0) is 9.59 Å². The standard InChI is InChI=1S/C14H21N3O2/c1-3-14(4-2,9-15)13(19)17-7-5-6-10-11(17)8-16-12(10)18/h10-11H,3-8H2,1-2H3,(H,16,18). The maximum atomic E-state index is 12.7. The minimum absolute atomic E-state index is 0.0538. The third-order valence-corrected chi connectivity index (χ3v) is 4.69. The lowest BCUT2D eigenvalue weighted by Gasteiger charge is -2.40. The largest absolute Gasteiger partial charge is 0.354 e. The summed E-state index contributed by atoms with van der Waals surface area (Å²) in [6, 6.07) is 2.15. The van der Waals surface area contributed by atoms with Crippen LogP contribution < -0.4 is 5.32 Å². The fraction of sp³-hybridized carbons (Fsp3) is 0.786. The van der Waals surface area contributed by atoms with Gasteiger partial charge in [-0.05, 0) is 25.7 Å². The van der Waals surface area contributed by atoms with Crippen molar-refractivity contribution in [2.75, 3.05) is 13.1 Å². The SMILES string of the molecule is CCC(C#N)(CC)C(=O)N1CCCC2C(=O)NCC21. The molecular formula is C14H21N3O2. The summed E-state index contributed by atoms with van der Waals surface area (Å²) < 4.78 is 0. The van der Waals surface area contributed by atoms with Gasteiger partial charge in [-0.2, -0.15) is 5.26 Å². The van der Waals surface area contributed by atoms with Crippen molar-refractivity contribution in [3.63, 3.8) is 0 Å². The van der Waals surface area contributed by atoms with Crippen LogP contribution >= 0.6 is 0 Å². The molecule has 0 saturated carbocycles. The topological polar surface area (TPSA) is 73.2 Å². The highest BCUT2D eigenvalue weighted by Crippen LogP contribution is 2.34.